The van der Waals surface area contributed by atoms with Gasteiger partial charge in [-0.15, -0.1) is 0 Å². The fraction of sp³-hybridized carbons (Fsp3) is 1.00. The fourth-order valence-corrected chi connectivity index (χ4v) is 14.4. The molecule has 0 aliphatic carbocycles. The fourth-order valence-electron chi connectivity index (χ4n) is 1.23. The Bertz CT molecular complexity index is 459. The first-order chi connectivity index (χ1) is 7.39. The maximum absolute atomic E-state index is 6.18. The Morgan fingerprint density at radius 1 is 1.31 bits per heavy atom. The smallest absolute Gasteiger partial charge is 0.300 e. The molecule has 0 aromatic carbocycles. The molecule has 0 unspecified atom stereocenters. The van der Waals surface area contributed by atoms with E-state index in [1.165, 1.54) is 0 Å². The molecule has 0 fully saturated rings. The van der Waals surface area contributed by atoms with Crippen molar-refractivity contribution in [2.24, 2.45) is 13.5 Å². The topological polar surface area (TPSA) is 67.6 Å². The molecule has 2 bridgehead atoms. The molecule has 94 valence electrons. The van der Waals surface area contributed by atoms with Gasteiger partial charge in [-0.05, 0) is 40.6 Å². The maximum Gasteiger partial charge on any atom is 0.300 e. The molecule has 1 N–H and O–H groups in total. The second-order valence-corrected chi connectivity index (χ2v) is 13.5. The van der Waals surface area contributed by atoms with E-state index in [1.807, 2.05) is 6.92 Å². The summed E-state index contributed by atoms with van der Waals surface area (Å²) in [6.45, 7) is 0.420. The van der Waals surface area contributed by atoms with Crippen LogP contribution in [-0.2, 0) is 9.05 Å². The zero-order valence-electron chi connectivity index (χ0n) is 8.25. The monoisotopic (exact) mass is 344 g/mol. The van der Waals surface area contributed by atoms with E-state index in [1.54, 1.807) is 0 Å². The summed E-state index contributed by atoms with van der Waals surface area (Å²) in [4.78, 5) is 0. The standard InChI is InChI=1S/C4H10Cl3N4O2P3/c1-2-12-16-8-3-4-13-15(7,11-16)9-14(5,6)10-16/h8H,2-4H2,1H3/t15-,16-/m1/s1. The average molecular weight is 345 g/mol. The lowest BCUT2D eigenvalue weighted by Gasteiger charge is -2.24. The van der Waals surface area contributed by atoms with Crippen LogP contribution in [0, 0.1) is 0 Å². The molecule has 6 nitrogen and oxygen atoms in total. The third kappa shape index (κ3) is 3.06. The number of nitrogens with zero attached hydrogens (tertiary/aromatic N) is 3. The van der Waals surface area contributed by atoms with Gasteiger partial charge in [-0.25, -0.2) is 5.09 Å². The molecular weight excluding hydrogens is 335 g/mol. The van der Waals surface area contributed by atoms with Crippen LogP contribution in [0.2, 0.25) is 0 Å². The number of rotatable bonds is 2. The van der Waals surface area contributed by atoms with Crippen molar-refractivity contribution in [3.63, 3.8) is 0 Å². The quantitative estimate of drug-likeness (QED) is 0.698. The molecule has 2 heterocycles. The lowest BCUT2D eigenvalue weighted by Crippen LogP contribution is -2.14. The third-order valence-electron chi connectivity index (χ3n) is 1.66. The van der Waals surface area contributed by atoms with Gasteiger partial charge in [0.1, 0.15) is 0 Å². The summed E-state index contributed by atoms with van der Waals surface area (Å²) in [7, 11) is -2.59. The highest BCUT2D eigenvalue weighted by atomic mass is 35.9. The molecule has 16 heavy (non-hydrogen) atoms. The van der Waals surface area contributed by atoms with Crippen LogP contribution >= 0.6 is 54.0 Å². The van der Waals surface area contributed by atoms with Crippen LogP contribution < -0.4 is 5.09 Å². The molecular formula is C4H10Cl3N4O2P3. The second-order valence-electron chi connectivity index (χ2n) is 2.90. The van der Waals surface area contributed by atoms with Gasteiger partial charge in [-0.2, -0.15) is 13.5 Å². The van der Waals surface area contributed by atoms with Gasteiger partial charge in [0.2, 0.25) is 0 Å². The Hall–Kier alpha value is 1.44. The molecule has 0 saturated heterocycles. The highest BCUT2D eigenvalue weighted by molar-refractivity contribution is 8.15. The van der Waals surface area contributed by atoms with Gasteiger partial charge in [-0.3, -0.25) is 0 Å². The van der Waals surface area contributed by atoms with Gasteiger partial charge in [0.25, 0.3) is 13.5 Å². The SMILES string of the molecule is CCO[P@]12=NP(Cl)(Cl)=N[P@](Cl)(=N1)OCCN2. The zero-order chi connectivity index (χ0) is 11.9. The number of halogens is 3. The van der Waals surface area contributed by atoms with E-state index in [0.717, 1.165) is 0 Å². The number of nitrogens with one attached hydrogen (secondary N) is 1. The third-order valence-corrected chi connectivity index (χ3v) is 12.8. The summed E-state index contributed by atoms with van der Waals surface area (Å²) in [5.41, 5.74) is 0. The number of hydrogen-bond donors (Lipinski definition) is 1. The summed E-state index contributed by atoms with van der Waals surface area (Å²) in [6.07, 6.45) is 0. The number of hydrogen-bond acceptors (Lipinski definition) is 6. The minimum absolute atomic E-state index is 0.391. The molecule has 2 aliphatic rings. The highest BCUT2D eigenvalue weighted by Crippen LogP contribution is 2.83. The van der Waals surface area contributed by atoms with Crippen LogP contribution in [0.3, 0.4) is 0 Å². The average Bonchev–Trinajstić information content (AvgIpc) is 2.20. The van der Waals surface area contributed by atoms with Crippen molar-refractivity contribution in [2.45, 2.75) is 6.92 Å². The van der Waals surface area contributed by atoms with Crippen LogP contribution in [0.1, 0.15) is 6.92 Å². The minimum atomic E-state index is -2.85. The van der Waals surface area contributed by atoms with Crippen molar-refractivity contribution in [2.75, 3.05) is 19.8 Å². The van der Waals surface area contributed by atoms with E-state index in [9.17, 15) is 0 Å². The first-order valence-electron chi connectivity index (χ1n) is 4.43. The summed E-state index contributed by atoms with van der Waals surface area (Å²) in [6, 6.07) is 0. The van der Waals surface area contributed by atoms with Crippen LogP contribution in [0.4, 0.5) is 0 Å². The van der Waals surface area contributed by atoms with Crippen molar-refractivity contribution in [1.29, 1.82) is 0 Å². The zero-order valence-corrected chi connectivity index (χ0v) is 13.2. The van der Waals surface area contributed by atoms with Crippen molar-refractivity contribution in [3.8, 4) is 0 Å². The van der Waals surface area contributed by atoms with Crippen LogP contribution in [0.25, 0.3) is 0 Å². The lowest BCUT2D eigenvalue weighted by molar-refractivity contribution is 0.351. The Morgan fingerprint density at radius 3 is 2.75 bits per heavy atom. The molecule has 0 saturated carbocycles. The molecule has 2 rings (SSSR count). The summed E-state index contributed by atoms with van der Waals surface area (Å²) in [5, 5.41) is 3.08. The van der Waals surface area contributed by atoms with Gasteiger partial charge in [0.05, 0.1) is 13.2 Å². The lowest BCUT2D eigenvalue weighted by atomic mass is 10.8. The Balaban J connectivity index is 2.61. The summed E-state index contributed by atoms with van der Waals surface area (Å²) in [5.74, 6) is -2.85. The molecule has 0 radical (unpaired) electrons. The molecule has 12 heteroatoms. The molecule has 0 spiro atoms. The van der Waals surface area contributed by atoms with Crippen molar-refractivity contribution >= 4 is 54.0 Å². The van der Waals surface area contributed by atoms with E-state index in [4.69, 9.17) is 42.8 Å². The molecule has 2 aliphatic heterocycles. The molecule has 0 aromatic rings. The summed E-state index contributed by atoms with van der Waals surface area (Å²) < 4.78 is 23.5. The normalized spacial score (nSPS) is 41.2. The summed E-state index contributed by atoms with van der Waals surface area (Å²) >= 11 is 18.2. The van der Waals surface area contributed by atoms with E-state index in [0.29, 0.717) is 19.8 Å². The Kier molecular flexibility index (Phi) is 4.20. The largest absolute Gasteiger partial charge is 0.316 e. The van der Waals surface area contributed by atoms with Gasteiger partial charge in [0, 0.05) is 6.54 Å². The van der Waals surface area contributed by atoms with Crippen LogP contribution in [-0.4, -0.2) is 19.8 Å². The van der Waals surface area contributed by atoms with E-state index >= 15 is 0 Å². The highest BCUT2D eigenvalue weighted by Gasteiger charge is 2.37. The van der Waals surface area contributed by atoms with Gasteiger partial charge in [-0.1, -0.05) is 0 Å². The van der Waals surface area contributed by atoms with Gasteiger partial charge < -0.3 is 9.05 Å². The Morgan fingerprint density at radius 2 is 2.06 bits per heavy atom. The van der Waals surface area contributed by atoms with E-state index in [2.05, 4.69) is 18.6 Å². The maximum atomic E-state index is 6.18. The van der Waals surface area contributed by atoms with Gasteiger partial charge in [0.15, 0.2) is 0 Å². The Labute approximate surface area is 108 Å². The van der Waals surface area contributed by atoms with Crippen LogP contribution in [0.15, 0.2) is 13.5 Å². The van der Waals surface area contributed by atoms with E-state index in [-0.39, 0.29) is 0 Å². The second kappa shape index (κ2) is 4.85. The van der Waals surface area contributed by atoms with Crippen molar-refractivity contribution in [3.05, 3.63) is 0 Å². The first kappa shape index (κ1) is 13.9. The molecule has 0 amide bonds. The number of fused-ring (bicyclic) bond motifs is 1. The predicted octanol–water partition coefficient (Wildman–Crippen LogP) is 5.21. The van der Waals surface area contributed by atoms with E-state index < -0.39 is 20.3 Å². The minimum Gasteiger partial charge on any atom is -0.316 e. The van der Waals surface area contributed by atoms with Gasteiger partial charge >= 0.3 is 6.78 Å². The molecule has 2 atom stereocenters. The first-order valence-corrected chi connectivity index (χ1v) is 12.1. The van der Waals surface area contributed by atoms with Crippen LogP contribution in [0.5, 0.6) is 0 Å². The van der Waals surface area contributed by atoms with Crippen molar-refractivity contribution in [1.82, 2.24) is 5.09 Å². The van der Waals surface area contributed by atoms with Crippen molar-refractivity contribution < 1.29 is 9.05 Å². The predicted molar refractivity (Wildman–Crippen MR) is 71.2 cm³/mol. The molecule has 0 aromatic heterocycles.